The SMILES string of the molecule is CC(CC(N)=O)c1cccc([N+](=O)[O-])c1. The van der Waals surface area contributed by atoms with E-state index < -0.39 is 10.8 Å². The molecular weight excluding hydrogens is 196 g/mol. The summed E-state index contributed by atoms with van der Waals surface area (Å²) in [5, 5.41) is 10.5. The third-order valence-corrected chi connectivity index (χ3v) is 2.16. The molecule has 0 bridgehead atoms. The molecule has 0 aliphatic carbocycles. The summed E-state index contributed by atoms with van der Waals surface area (Å²) in [6, 6.07) is 6.24. The van der Waals surface area contributed by atoms with E-state index in [2.05, 4.69) is 0 Å². The highest BCUT2D eigenvalue weighted by molar-refractivity contribution is 5.74. The highest BCUT2D eigenvalue weighted by Crippen LogP contribution is 2.22. The number of nitrogens with zero attached hydrogens (tertiary/aromatic N) is 1. The van der Waals surface area contributed by atoms with Crippen molar-refractivity contribution in [2.45, 2.75) is 19.3 Å². The number of nitro groups is 1. The number of hydrogen-bond acceptors (Lipinski definition) is 3. The number of rotatable bonds is 4. The molecule has 1 rings (SSSR count). The van der Waals surface area contributed by atoms with Crippen LogP contribution in [0, 0.1) is 10.1 Å². The summed E-state index contributed by atoms with van der Waals surface area (Å²) in [5.41, 5.74) is 5.84. The van der Waals surface area contributed by atoms with Gasteiger partial charge >= 0.3 is 0 Å². The molecule has 0 aliphatic heterocycles. The van der Waals surface area contributed by atoms with E-state index >= 15 is 0 Å². The van der Waals surface area contributed by atoms with Crippen molar-refractivity contribution in [3.05, 3.63) is 39.9 Å². The minimum absolute atomic E-state index is 0.0313. The fourth-order valence-electron chi connectivity index (χ4n) is 1.36. The smallest absolute Gasteiger partial charge is 0.269 e. The Hall–Kier alpha value is -1.91. The highest BCUT2D eigenvalue weighted by Gasteiger charge is 2.12. The normalized spacial score (nSPS) is 12.1. The minimum Gasteiger partial charge on any atom is -0.370 e. The van der Waals surface area contributed by atoms with Gasteiger partial charge in [0.05, 0.1) is 4.92 Å². The van der Waals surface area contributed by atoms with E-state index in [-0.39, 0.29) is 18.0 Å². The summed E-state index contributed by atoms with van der Waals surface area (Å²) in [7, 11) is 0. The van der Waals surface area contributed by atoms with Crippen LogP contribution in [0.25, 0.3) is 0 Å². The summed E-state index contributed by atoms with van der Waals surface area (Å²) in [6.45, 7) is 1.81. The minimum atomic E-state index is -0.458. The quantitative estimate of drug-likeness (QED) is 0.601. The molecule has 0 aromatic heterocycles. The second kappa shape index (κ2) is 4.54. The van der Waals surface area contributed by atoms with Crippen LogP contribution in [0.2, 0.25) is 0 Å². The van der Waals surface area contributed by atoms with Crippen LogP contribution >= 0.6 is 0 Å². The van der Waals surface area contributed by atoms with Crippen molar-refractivity contribution in [3.8, 4) is 0 Å². The Morgan fingerprint density at radius 2 is 2.27 bits per heavy atom. The van der Waals surface area contributed by atoms with Crippen molar-refractivity contribution in [2.75, 3.05) is 0 Å². The summed E-state index contributed by atoms with van der Waals surface area (Å²) < 4.78 is 0. The molecule has 0 heterocycles. The van der Waals surface area contributed by atoms with Crippen molar-refractivity contribution in [1.29, 1.82) is 0 Å². The third-order valence-electron chi connectivity index (χ3n) is 2.16. The van der Waals surface area contributed by atoms with Crippen LogP contribution in [0.15, 0.2) is 24.3 Å². The van der Waals surface area contributed by atoms with Gasteiger partial charge < -0.3 is 5.73 Å². The topological polar surface area (TPSA) is 86.2 Å². The first-order valence-electron chi connectivity index (χ1n) is 4.53. The van der Waals surface area contributed by atoms with Crippen LogP contribution in [0.1, 0.15) is 24.8 Å². The average Bonchev–Trinajstić information content (AvgIpc) is 2.17. The van der Waals surface area contributed by atoms with Crippen molar-refractivity contribution < 1.29 is 9.72 Å². The number of nitro benzene ring substituents is 1. The predicted molar refractivity (Wildman–Crippen MR) is 55.3 cm³/mol. The van der Waals surface area contributed by atoms with Gasteiger partial charge in [-0.1, -0.05) is 19.1 Å². The van der Waals surface area contributed by atoms with E-state index in [1.54, 1.807) is 12.1 Å². The second-order valence-electron chi connectivity index (χ2n) is 3.42. The van der Waals surface area contributed by atoms with Crippen molar-refractivity contribution in [3.63, 3.8) is 0 Å². The number of benzene rings is 1. The van der Waals surface area contributed by atoms with Crippen molar-refractivity contribution in [1.82, 2.24) is 0 Å². The van der Waals surface area contributed by atoms with E-state index in [9.17, 15) is 14.9 Å². The van der Waals surface area contributed by atoms with Gasteiger partial charge in [-0.3, -0.25) is 14.9 Å². The van der Waals surface area contributed by atoms with E-state index in [1.807, 2.05) is 6.92 Å². The Kier molecular flexibility index (Phi) is 3.38. The molecule has 0 saturated carbocycles. The second-order valence-corrected chi connectivity index (χ2v) is 3.42. The first-order chi connectivity index (χ1) is 7.00. The number of hydrogen-bond donors (Lipinski definition) is 1. The van der Waals surface area contributed by atoms with E-state index in [4.69, 9.17) is 5.73 Å². The molecule has 1 amide bonds. The molecule has 5 nitrogen and oxygen atoms in total. The van der Waals surface area contributed by atoms with Crippen LogP contribution in [-0.4, -0.2) is 10.8 Å². The lowest BCUT2D eigenvalue weighted by Gasteiger charge is -2.08. The van der Waals surface area contributed by atoms with Crippen molar-refractivity contribution >= 4 is 11.6 Å². The van der Waals surface area contributed by atoms with E-state index in [1.165, 1.54) is 12.1 Å². The largest absolute Gasteiger partial charge is 0.370 e. The van der Waals surface area contributed by atoms with E-state index in [0.29, 0.717) is 0 Å². The van der Waals surface area contributed by atoms with Crippen LogP contribution in [-0.2, 0) is 4.79 Å². The number of non-ortho nitro benzene ring substituents is 1. The van der Waals surface area contributed by atoms with Gasteiger partial charge in [0.15, 0.2) is 0 Å². The van der Waals surface area contributed by atoms with Gasteiger partial charge in [-0.2, -0.15) is 0 Å². The average molecular weight is 208 g/mol. The zero-order valence-corrected chi connectivity index (χ0v) is 8.34. The molecule has 0 aliphatic rings. The molecule has 0 spiro atoms. The van der Waals surface area contributed by atoms with Gasteiger partial charge in [-0.05, 0) is 11.5 Å². The van der Waals surface area contributed by atoms with Gasteiger partial charge in [-0.15, -0.1) is 0 Å². The lowest BCUT2D eigenvalue weighted by molar-refractivity contribution is -0.384. The first kappa shape index (κ1) is 11.2. The van der Waals surface area contributed by atoms with Gasteiger partial charge in [0, 0.05) is 18.6 Å². The summed E-state index contributed by atoms with van der Waals surface area (Å²) in [4.78, 5) is 20.7. The lowest BCUT2D eigenvalue weighted by atomic mass is 9.97. The van der Waals surface area contributed by atoms with Crippen LogP contribution in [0.3, 0.4) is 0 Å². The van der Waals surface area contributed by atoms with Crippen LogP contribution < -0.4 is 5.73 Å². The molecule has 15 heavy (non-hydrogen) atoms. The number of nitrogens with two attached hydrogens (primary N) is 1. The number of carbonyl (C=O) groups excluding carboxylic acids is 1. The number of carbonyl (C=O) groups is 1. The highest BCUT2D eigenvalue weighted by atomic mass is 16.6. The Morgan fingerprint density at radius 1 is 1.60 bits per heavy atom. The van der Waals surface area contributed by atoms with Gasteiger partial charge in [0.1, 0.15) is 0 Å². The lowest BCUT2D eigenvalue weighted by Crippen LogP contribution is -2.13. The Balaban J connectivity index is 2.89. The zero-order valence-electron chi connectivity index (χ0n) is 8.34. The maximum atomic E-state index is 10.7. The fourth-order valence-corrected chi connectivity index (χ4v) is 1.36. The maximum absolute atomic E-state index is 10.7. The Labute approximate surface area is 87.0 Å². The summed E-state index contributed by atoms with van der Waals surface area (Å²) in [5.74, 6) is -0.503. The number of amides is 1. The zero-order chi connectivity index (χ0) is 11.4. The monoisotopic (exact) mass is 208 g/mol. The molecular formula is C10H12N2O3. The standard InChI is InChI=1S/C10H12N2O3/c1-7(5-10(11)13)8-3-2-4-9(6-8)12(14)15/h2-4,6-7H,5H2,1H3,(H2,11,13). The summed E-state index contributed by atoms with van der Waals surface area (Å²) in [6.07, 6.45) is 0.196. The molecule has 5 heteroatoms. The molecule has 2 N–H and O–H groups in total. The maximum Gasteiger partial charge on any atom is 0.269 e. The number of primary amides is 1. The molecule has 0 fully saturated rings. The van der Waals surface area contributed by atoms with Crippen LogP contribution in [0.4, 0.5) is 5.69 Å². The molecule has 1 unspecified atom stereocenters. The van der Waals surface area contributed by atoms with Crippen molar-refractivity contribution in [2.24, 2.45) is 5.73 Å². The first-order valence-corrected chi connectivity index (χ1v) is 4.53. The summed E-state index contributed by atoms with van der Waals surface area (Å²) >= 11 is 0. The van der Waals surface area contributed by atoms with Gasteiger partial charge in [0.25, 0.3) is 5.69 Å². The molecule has 0 saturated heterocycles. The molecule has 1 aromatic carbocycles. The third kappa shape index (κ3) is 3.05. The van der Waals surface area contributed by atoms with Gasteiger partial charge in [0.2, 0.25) is 5.91 Å². The Bertz CT molecular complexity index is 390. The van der Waals surface area contributed by atoms with Crippen LogP contribution in [0.5, 0.6) is 0 Å². The molecule has 0 radical (unpaired) electrons. The molecule has 80 valence electrons. The Morgan fingerprint density at radius 3 is 2.80 bits per heavy atom. The molecule has 1 atom stereocenters. The predicted octanol–water partition coefficient (Wildman–Crippen LogP) is 1.57. The fraction of sp³-hybridized carbons (Fsp3) is 0.300. The van der Waals surface area contributed by atoms with Gasteiger partial charge in [-0.25, -0.2) is 0 Å². The van der Waals surface area contributed by atoms with E-state index in [0.717, 1.165) is 5.56 Å². The molecule has 1 aromatic rings.